The largest absolute Gasteiger partial charge is 0.545 e. The van der Waals surface area contributed by atoms with E-state index in [9.17, 15) is 0 Å². The van der Waals surface area contributed by atoms with Crippen molar-refractivity contribution in [3.63, 3.8) is 0 Å². The molecule has 0 aromatic carbocycles. The summed E-state index contributed by atoms with van der Waals surface area (Å²) in [6, 6.07) is 8.48. The second-order valence-corrected chi connectivity index (χ2v) is 7.75. The van der Waals surface area contributed by atoms with Crippen molar-refractivity contribution < 1.29 is 14.4 Å². The van der Waals surface area contributed by atoms with E-state index in [1.807, 2.05) is 0 Å². The van der Waals surface area contributed by atoms with E-state index in [-0.39, 0.29) is 0 Å². The zero-order valence-corrected chi connectivity index (χ0v) is 18.8. The van der Waals surface area contributed by atoms with E-state index in [1.54, 1.807) is 0 Å². The van der Waals surface area contributed by atoms with Gasteiger partial charge in [-0.25, -0.2) is 0 Å². The number of fused-ring (bicyclic) bond motifs is 1. The molecular formula is C25H43NO2. The number of quaternary nitrogens is 1. The van der Waals surface area contributed by atoms with Crippen LogP contribution < -0.4 is 5.11 Å². The van der Waals surface area contributed by atoms with E-state index in [4.69, 9.17) is 9.90 Å². The molecule has 2 rings (SSSR count). The lowest BCUT2D eigenvalue weighted by Gasteiger charge is -2.39. The first kappa shape index (κ1) is 26.4. The second-order valence-electron chi connectivity index (χ2n) is 7.75. The summed E-state index contributed by atoms with van der Waals surface area (Å²) >= 11 is 0. The predicted octanol–water partition coefficient (Wildman–Crippen LogP) is 5.59. The quantitative estimate of drug-likeness (QED) is 0.331. The summed E-state index contributed by atoms with van der Waals surface area (Å²) in [5.74, 6) is -1.23. The zero-order chi connectivity index (χ0) is 21.3. The van der Waals surface area contributed by atoms with E-state index >= 15 is 0 Å². The Hall–Kier alpha value is -1.61. The van der Waals surface area contributed by atoms with Crippen LogP contribution in [-0.2, 0) is 4.79 Å². The van der Waals surface area contributed by atoms with Crippen LogP contribution in [0.25, 0.3) is 11.1 Å². The first-order valence-electron chi connectivity index (χ1n) is 11.3. The van der Waals surface area contributed by atoms with Crippen LogP contribution in [0.5, 0.6) is 0 Å². The van der Waals surface area contributed by atoms with Crippen LogP contribution in [0.3, 0.4) is 0 Å². The van der Waals surface area contributed by atoms with E-state index < -0.39 is 5.97 Å². The standard InChI is InChI=1S/C16H36N.C6H4.C3H4O2/c1-5-9-13-17(14-10-6-2,15-11-7-3)16-12-8-4;1-2-5-4-6(5)3-1;1-2-3(4)5/h5-16H2,1-4H3;1-4H;2H,1H2,(H,4,5)/q+1;;/p-1. The predicted molar refractivity (Wildman–Crippen MR) is 120 cm³/mol. The number of hydrogen-bond acceptors (Lipinski definition) is 2. The van der Waals surface area contributed by atoms with Gasteiger partial charge < -0.3 is 14.4 Å². The van der Waals surface area contributed by atoms with Crippen molar-refractivity contribution in [2.24, 2.45) is 0 Å². The van der Waals surface area contributed by atoms with Gasteiger partial charge in [0.15, 0.2) is 0 Å². The van der Waals surface area contributed by atoms with Crippen molar-refractivity contribution in [1.29, 1.82) is 0 Å². The maximum Gasteiger partial charge on any atom is 0.0786 e. The zero-order valence-electron chi connectivity index (χ0n) is 18.8. The first-order chi connectivity index (χ1) is 13.5. The van der Waals surface area contributed by atoms with E-state index in [2.05, 4.69) is 58.5 Å². The molecule has 0 bridgehead atoms. The number of carbonyl (C=O) groups is 1. The van der Waals surface area contributed by atoms with Gasteiger partial charge in [0.2, 0.25) is 0 Å². The highest BCUT2D eigenvalue weighted by molar-refractivity contribution is 5.80. The lowest BCUT2D eigenvalue weighted by atomic mass is 10.1. The highest BCUT2D eigenvalue weighted by Gasteiger charge is 2.24. The first-order valence-corrected chi connectivity index (χ1v) is 11.3. The topological polar surface area (TPSA) is 40.1 Å². The summed E-state index contributed by atoms with van der Waals surface area (Å²) in [5.41, 5.74) is 2.85. The van der Waals surface area contributed by atoms with Crippen LogP contribution in [0.2, 0.25) is 0 Å². The summed E-state index contributed by atoms with van der Waals surface area (Å²) in [7, 11) is 0. The lowest BCUT2D eigenvalue weighted by Crippen LogP contribution is -2.50. The molecule has 0 fully saturated rings. The molecule has 0 radical (unpaired) electrons. The molecule has 3 nitrogen and oxygen atoms in total. The number of hydrogen-bond donors (Lipinski definition) is 0. The van der Waals surface area contributed by atoms with Gasteiger partial charge in [0.1, 0.15) is 0 Å². The molecule has 0 N–H and O–H groups in total. The molecular weight excluding hydrogens is 346 g/mol. The van der Waals surface area contributed by atoms with Gasteiger partial charge in [0.05, 0.1) is 32.1 Å². The fourth-order valence-electron chi connectivity index (χ4n) is 3.32. The number of unbranched alkanes of at least 4 members (excludes halogenated alkanes) is 4. The summed E-state index contributed by atoms with van der Waals surface area (Å²) in [6.07, 6.45) is 11.8. The van der Waals surface area contributed by atoms with Crippen molar-refractivity contribution in [3.8, 4) is 11.1 Å². The average molecular weight is 390 g/mol. The van der Waals surface area contributed by atoms with Gasteiger partial charge in [-0.2, -0.15) is 0 Å². The number of carbonyl (C=O) groups excluding carboxylic acids is 1. The Morgan fingerprint density at radius 2 is 1.18 bits per heavy atom. The SMILES string of the molecule is C=CC(=O)[O-].CCCC[N+](CCCC)(CCCC)CCCC.c1cc2cc-2c1. The lowest BCUT2D eigenvalue weighted by molar-refractivity contribution is -0.929. The number of carboxylic acid groups (broad SMARTS) is 1. The van der Waals surface area contributed by atoms with E-state index in [0.717, 1.165) is 6.08 Å². The highest BCUT2D eigenvalue weighted by atomic mass is 16.4. The Bertz CT molecular complexity index is 484. The van der Waals surface area contributed by atoms with Crippen molar-refractivity contribution in [2.45, 2.75) is 79.1 Å². The molecule has 0 saturated heterocycles. The van der Waals surface area contributed by atoms with Crippen LogP contribution in [0.15, 0.2) is 36.9 Å². The monoisotopic (exact) mass is 389 g/mol. The van der Waals surface area contributed by atoms with Gasteiger partial charge in [-0.05, 0) is 49.0 Å². The Kier molecular flexibility index (Phi) is 15.4. The van der Waals surface area contributed by atoms with Crippen LogP contribution in [0.4, 0.5) is 0 Å². The molecule has 0 unspecified atom stereocenters. The average Bonchev–Trinajstić information content (AvgIpc) is 3.32. The molecule has 0 heterocycles. The third-order valence-corrected chi connectivity index (χ3v) is 5.22. The molecule has 0 aromatic heterocycles. The van der Waals surface area contributed by atoms with Gasteiger partial charge in [-0.1, -0.05) is 78.2 Å². The maximum atomic E-state index is 9.14. The Balaban J connectivity index is 0.000000526. The molecule has 2 aliphatic carbocycles. The molecule has 160 valence electrons. The fourth-order valence-corrected chi connectivity index (χ4v) is 3.32. The Labute approximate surface area is 174 Å². The summed E-state index contributed by atoms with van der Waals surface area (Å²) in [5, 5.41) is 9.14. The molecule has 28 heavy (non-hydrogen) atoms. The van der Waals surface area contributed by atoms with E-state index in [1.165, 1.54) is 93.2 Å². The molecule has 0 amide bonds. The van der Waals surface area contributed by atoms with Gasteiger partial charge in [-0.3, -0.25) is 0 Å². The minimum atomic E-state index is -1.23. The molecule has 0 aromatic rings. The normalized spacial score (nSPS) is 10.9. The molecule has 2 aliphatic rings. The number of carboxylic acids is 1. The molecule has 0 saturated carbocycles. The van der Waals surface area contributed by atoms with Crippen molar-refractivity contribution in [1.82, 2.24) is 0 Å². The third kappa shape index (κ3) is 12.7. The Morgan fingerprint density at radius 3 is 1.32 bits per heavy atom. The number of aliphatic carboxylic acids is 1. The van der Waals surface area contributed by atoms with Crippen LogP contribution >= 0.6 is 0 Å². The van der Waals surface area contributed by atoms with Gasteiger partial charge in [0.25, 0.3) is 0 Å². The molecule has 0 aliphatic heterocycles. The maximum absolute atomic E-state index is 9.14. The number of nitrogens with zero attached hydrogens (tertiary/aromatic N) is 1. The molecule has 0 spiro atoms. The van der Waals surface area contributed by atoms with Crippen molar-refractivity contribution in [2.75, 3.05) is 26.2 Å². The minimum absolute atomic E-state index is 0.722. The smallest absolute Gasteiger partial charge is 0.0786 e. The fraction of sp³-hybridized carbons (Fsp3) is 0.640. The van der Waals surface area contributed by atoms with Crippen LogP contribution in [0, 0.1) is 0 Å². The van der Waals surface area contributed by atoms with Crippen LogP contribution in [0.1, 0.15) is 79.1 Å². The Morgan fingerprint density at radius 1 is 0.857 bits per heavy atom. The highest BCUT2D eigenvalue weighted by Crippen LogP contribution is 2.32. The molecule has 3 heteroatoms. The van der Waals surface area contributed by atoms with Gasteiger partial charge >= 0.3 is 0 Å². The minimum Gasteiger partial charge on any atom is -0.545 e. The van der Waals surface area contributed by atoms with Gasteiger partial charge in [0, 0.05) is 0 Å². The summed E-state index contributed by atoms with van der Waals surface area (Å²) in [6.45, 7) is 17.9. The van der Waals surface area contributed by atoms with E-state index in [0.29, 0.717) is 0 Å². The number of rotatable bonds is 13. The third-order valence-electron chi connectivity index (χ3n) is 5.22. The van der Waals surface area contributed by atoms with Crippen molar-refractivity contribution in [3.05, 3.63) is 36.9 Å². The summed E-state index contributed by atoms with van der Waals surface area (Å²) < 4.78 is 1.42. The number of benzene rings is 1. The van der Waals surface area contributed by atoms with Crippen molar-refractivity contribution >= 4 is 5.97 Å². The van der Waals surface area contributed by atoms with Gasteiger partial charge in [-0.15, -0.1) is 0 Å². The molecule has 0 atom stereocenters. The summed E-state index contributed by atoms with van der Waals surface area (Å²) in [4.78, 5) is 9.14. The second kappa shape index (κ2) is 16.4. The van der Waals surface area contributed by atoms with Crippen LogP contribution in [-0.4, -0.2) is 36.6 Å².